The van der Waals surface area contributed by atoms with E-state index in [2.05, 4.69) is 11.2 Å². The number of rotatable bonds is 9. The van der Waals surface area contributed by atoms with Gasteiger partial charge in [-0.05, 0) is 44.0 Å². The number of amides is 1. The zero-order valence-electron chi connectivity index (χ0n) is 16.7. The van der Waals surface area contributed by atoms with Crippen LogP contribution in [-0.4, -0.2) is 25.2 Å². The molecule has 1 amide bonds. The molecule has 0 unspecified atom stereocenters. The molecule has 0 saturated heterocycles. The zero-order valence-corrected chi connectivity index (χ0v) is 16.7. The predicted molar refractivity (Wildman–Crippen MR) is 113 cm³/mol. The molecule has 0 aliphatic carbocycles. The second kappa shape index (κ2) is 9.81. The third-order valence-corrected chi connectivity index (χ3v) is 4.41. The lowest BCUT2D eigenvalue weighted by atomic mass is 10.1. The Labute approximate surface area is 171 Å². The van der Waals surface area contributed by atoms with E-state index in [0.717, 1.165) is 22.3 Å². The molecule has 0 atom stereocenters. The van der Waals surface area contributed by atoms with E-state index in [9.17, 15) is 4.79 Å². The van der Waals surface area contributed by atoms with Gasteiger partial charge in [-0.25, -0.2) is 0 Å². The minimum atomic E-state index is -0.238. The number of carbonyl (C=O) groups excluding carboxylic acids is 1. The van der Waals surface area contributed by atoms with Gasteiger partial charge in [0.05, 0.1) is 12.7 Å². The molecule has 3 rings (SSSR count). The van der Waals surface area contributed by atoms with Crippen LogP contribution in [0.25, 0.3) is 11.0 Å². The Balaban J connectivity index is 1.63. The summed E-state index contributed by atoms with van der Waals surface area (Å²) in [6.07, 6.45) is 5.94. The predicted octanol–water partition coefficient (Wildman–Crippen LogP) is 4.34. The van der Waals surface area contributed by atoms with E-state index in [1.807, 2.05) is 62.4 Å². The summed E-state index contributed by atoms with van der Waals surface area (Å²) in [7, 11) is 0. The van der Waals surface area contributed by atoms with E-state index in [4.69, 9.17) is 20.3 Å². The third-order valence-electron chi connectivity index (χ3n) is 4.41. The molecule has 1 heterocycles. The van der Waals surface area contributed by atoms with Crippen molar-refractivity contribution < 1.29 is 18.7 Å². The maximum Gasteiger partial charge on any atom is 0.287 e. The van der Waals surface area contributed by atoms with Crippen molar-refractivity contribution in [2.24, 2.45) is 0 Å². The van der Waals surface area contributed by atoms with E-state index >= 15 is 0 Å². The summed E-state index contributed by atoms with van der Waals surface area (Å²) in [6, 6.07) is 15.3. The molecule has 5 heteroatoms. The first-order valence-electron chi connectivity index (χ1n) is 9.64. The summed E-state index contributed by atoms with van der Waals surface area (Å²) in [5.41, 5.74) is 2.55. The van der Waals surface area contributed by atoms with Crippen molar-refractivity contribution in [3.63, 3.8) is 0 Å². The first kappa shape index (κ1) is 20.5. The van der Waals surface area contributed by atoms with Gasteiger partial charge in [0.1, 0.15) is 17.9 Å². The number of fused-ring (bicyclic) bond motifs is 1. The summed E-state index contributed by atoms with van der Waals surface area (Å²) in [6.45, 7) is 4.99. The molecule has 0 fully saturated rings. The first-order valence-corrected chi connectivity index (χ1v) is 9.64. The molecule has 29 heavy (non-hydrogen) atoms. The Hall–Kier alpha value is -3.23. The molecule has 0 aliphatic heterocycles. The zero-order chi connectivity index (χ0) is 20.6. The number of para-hydroxylation sites is 1. The quantitative estimate of drug-likeness (QED) is 0.551. The highest BCUT2D eigenvalue weighted by Gasteiger charge is 2.20. The number of ether oxygens (including phenoxy) is 2. The highest BCUT2D eigenvalue weighted by atomic mass is 16.5. The number of benzene rings is 2. The Bertz CT molecular complexity index is 996. The molecule has 1 N–H and O–H groups in total. The smallest absolute Gasteiger partial charge is 0.287 e. The van der Waals surface area contributed by atoms with Gasteiger partial charge in [-0.1, -0.05) is 36.3 Å². The summed E-state index contributed by atoms with van der Waals surface area (Å²) < 4.78 is 16.9. The maximum atomic E-state index is 12.7. The Kier molecular flexibility index (Phi) is 6.94. The standard InChI is InChI=1S/C24H25NO4/c1-4-15-27-19-11-9-18(10-12-19)13-14-25-24(26)23-21(16-28-17(2)3)20-7-5-6-8-22(20)29-23/h1,5-12,17H,13-16H2,2-3H3,(H,25,26). The molecule has 3 aromatic rings. The van der Waals surface area contributed by atoms with Crippen LogP contribution >= 0.6 is 0 Å². The van der Waals surface area contributed by atoms with Crippen LogP contribution in [0.5, 0.6) is 5.75 Å². The summed E-state index contributed by atoms with van der Waals surface area (Å²) in [4.78, 5) is 12.7. The van der Waals surface area contributed by atoms with E-state index < -0.39 is 0 Å². The Morgan fingerprint density at radius 1 is 1.17 bits per heavy atom. The molecule has 0 radical (unpaired) electrons. The van der Waals surface area contributed by atoms with Gasteiger partial charge in [0.25, 0.3) is 5.91 Å². The molecule has 0 saturated carbocycles. The average molecular weight is 391 g/mol. The van der Waals surface area contributed by atoms with E-state index in [1.54, 1.807) is 0 Å². The average Bonchev–Trinajstić information content (AvgIpc) is 3.10. The van der Waals surface area contributed by atoms with Crippen molar-refractivity contribution in [2.45, 2.75) is 33.0 Å². The number of hydrogen-bond acceptors (Lipinski definition) is 4. The van der Waals surface area contributed by atoms with Crippen LogP contribution < -0.4 is 10.1 Å². The summed E-state index contributed by atoms with van der Waals surface area (Å²) >= 11 is 0. The van der Waals surface area contributed by atoms with Gasteiger partial charge in [-0.3, -0.25) is 4.79 Å². The van der Waals surface area contributed by atoms with E-state index in [-0.39, 0.29) is 18.6 Å². The Morgan fingerprint density at radius 2 is 1.93 bits per heavy atom. The molecule has 0 aliphatic rings. The van der Waals surface area contributed by atoms with Crippen LogP contribution in [0.2, 0.25) is 0 Å². The normalized spacial score (nSPS) is 10.8. The topological polar surface area (TPSA) is 60.7 Å². The second-order valence-corrected chi connectivity index (χ2v) is 6.91. The lowest BCUT2D eigenvalue weighted by molar-refractivity contribution is 0.0643. The molecule has 150 valence electrons. The van der Waals surface area contributed by atoms with Gasteiger partial charge in [0, 0.05) is 17.5 Å². The van der Waals surface area contributed by atoms with Crippen LogP contribution in [0.3, 0.4) is 0 Å². The maximum absolute atomic E-state index is 12.7. The van der Waals surface area contributed by atoms with Crippen molar-refractivity contribution in [3.8, 4) is 18.1 Å². The van der Waals surface area contributed by atoms with Crippen molar-refractivity contribution in [1.29, 1.82) is 0 Å². The highest BCUT2D eigenvalue weighted by molar-refractivity contribution is 5.99. The molecule has 5 nitrogen and oxygen atoms in total. The van der Waals surface area contributed by atoms with Gasteiger partial charge in [-0.15, -0.1) is 6.42 Å². The number of carbonyl (C=O) groups is 1. The van der Waals surface area contributed by atoms with Gasteiger partial charge in [0.2, 0.25) is 0 Å². The van der Waals surface area contributed by atoms with Crippen LogP contribution in [0.15, 0.2) is 52.9 Å². The SMILES string of the molecule is C#CCOc1ccc(CCNC(=O)c2oc3ccccc3c2COC(C)C)cc1. The van der Waals surface area contributed by atoms with Gasteiger partial charge in [0.15, 0.2) is 5.76 Å². The molecule has 0 bridgehead atoms. The van der Waals surface area contributed by atoms with Gasteiger partial charge >= 0.3 is 0 Å². The van der Waals surface area contributed by atoms with Crippen LogP contribution in [-0.2, 0) is 17.8 Å². The fourth-order valence-electron chi connectivity index (χ4n) is 2.95. The van der Waals surface area contributed by atoms with Gasteiger partial charge in [-0.2, -0.15) is 0 Å². The lowest BCUT2D eigenvalue weighted by Gasteiger charge is -2.09. The van der Waals surface area contributed by atoms with Gasteiger partial charge < -0.3 is 19.2 Å². The van der Waals surface area contributed by atoms with Crippen LogP contribution in [0.4, 0.5) is 0 Å². The first-order chi connectivity index (χ1) is 14.1. The monoisotopic (exact) mass is 391 g/mol. The molecule has 0 spiro atoms. The molecule has 2 aromatic carbocycles. The summed E-state index contributed by atoms with van der Waals surface area (Å²) in [5, 5.41) is 3.84. The van der Waals surface area contributed by atoms with Crippen LogP contribution in [0.1, 0.15) is 35.5 Å². The lowest BCUT2D eigenvalue weighted by Crippen LogP contribution is -2.26. The van der Waals surface area contributed by atoms with E-state index in [0.29, 0.717) is 30.9 Å². The second-order valence-electron chi connectivity index (χ2n) is 6.91. The van der Waals surface area contributed by atoms with Crippen molar-refractivity contribution in [3.05, 3.63) is 65.4 Å². The molecular formula is C24H25NO4. The number of nitrogens with one attached hydrogen (secondary N) is 1. The number of terminal acetylenes is 1. The number of hydrogen-bond donors (Lipinski definition) is 1. The Morgan fingerprint density at radius 3 is 2.66 bits per heavy atom. The number of furan rings is 1. The molecule has 1 aromatic heterocycles. The largest absolute Gasteiger partial charge is 0.481 e. The minimum absolute atomic E-state index is 0.0622. The fraction of sp³-hybridized carbons (Fsp3) is 0.292. The van der Waals surface area contributed by atoms with Crippen molar-refractivity contribution >= 4 is 16.9 Å². The van der Waals surface area contributed by atoms with Crippen LogP contribution in [0, 0.1) is 12.3 Å². The minimum Gasteiger partial charge on any atom is -0.481 e. The van der Waals surface area contributed by atoms with Crippen molar-refractivity contribution in [1.82, 2.24) is 5.32 Å². The summed E-state index contributed by atoms with van der Waals surface area (Å²) in [5.74, 6) is 3.24. The van der Waals surface area contributed by atoms with Crippen molar-refractivity contribution in [2.75, 3.05) is 13.2 Å². The highest BCUT2D eigenvalue weighted by Crippen LogP contribution is 2.27. The molecular weight excluding hydrogens is 366 g/mol. The fourth-order valence-corrected chi connectivity index (χ4v) is 2.95. The third kappa shape index (κ3) is 5.40. The van der Waals surface area contributed by atoms with E-state index in [1.165, 1.54) is 0 Å².